The van der Waals surface area contributed by atoms with Crippen LogP contribution in [0.5, 0.6) is 0 Å². The second-order valence-electron chi connectivity index (χ2n) is 6.80. The minimum atomic E-state index is -0.985. The number of rotatable bonds is 6. The molecule has 0 aliphatic heterocycles. The van der Waals surface area contributed by atoms with Crippen molar-refractivity contribution in [2.75, 3.05) is 5.32 Å². The summed E-state index contributed by atoms with van der Waals surface area (Å²) in [4.78, 5) is 25.7. The van der Waals surface area contributed by atoms with Gasteiger partial charge in [-0.05, 0) is 32.9 Å². The fraction of sp³-hybridized carbons (Fsp3) is 0.368. The van der Waals surface area contributed by atoms with Crippen LogP contribution in [0.25, 0.3) is 11.4 Å². The van der Waals surface area contributed by atoms with E-state index >= 15 is 0 Å². The van der Waals surface area contributed by atoms with E-state index in [4.69, 9.17) is 4.74 Å². The Balaban J connectivity index is 1.57. The average Bonchev–Trinajstić information content (AvgIpc) is 3.22. The fourth-order valence-electron chi connectivity index (χ4n) is 2.71. The molecule has 3 rings (SSSR count). The van der Waals surface area contributed by atoms with E-state index in [0.29, 0.717) is 17.2 Å². The summed E-state index contributed by atoms with van der Waals surface area (Å²) in [6, 6.07) is 7.64. The van der Waals surface area contributed by atoms with Gasteiger partial charge in [-0.25, -0.2) is 4.79 Å². The normalized spacial score (nSPS) is 11.9. The van der Waals surface area contributed by atoms with E-state index in [1.165, 1.54) is 6.92 Å². The number of hydrogen-bond acceptors (Lipinski definition) is 7. The summed E-state index contributed by atoms with van der Waals surface area (Å²) in [6.45, 7) is 6.87. The Morgan fingerprint density at radius 2 is 1.83 bits per heavy atom. The van der Waals surface area contributed by atoms with Gasteiger partial charge in [-0.2, -0.15) is 9.90 Å². The van der Waals surface area contributed by atoms with Crippen molar-refractivity contribution in [1.29, 1.82) is 0 Å². The molecular formula is C19H23N7O3. The molecule has 0 saturated heterocycles. The number of aromatic nitrogens is 6. The number of nitrogens with one attached hydrogen (secondary N) is 1. The average molecular weight is 397 g/mol. The number of esters is 1. The van der Waals surface area contributed by atoms with Crippen molar-refractivity contribution in [3.63, 3.8) is 0 Å². The zero-order valence-corrected chi connectivity index (χ0v) is 17.0. The van der Waals surface area contributed by atoms with E-state index in [2.05, 4.69) is 25.8 Å². The zero-order valence-electron chi connectivity index (χ0n) is 17.0. The summed E-state index contributed by atoms with van der Waals surface area (Å²) in [5.74, 6) is -0.671. The second kappa shape index (κ2) is 8.21. The zero-order chi connectivity index (χ0) is 21.1. The molecule has 1 aromatic carbocycles. The largest absolute Gasteiger partial charge is 0.451 e. The molecule has 0 spiro atoms. The van der Waals surface area contributed by atoms with Crippen LogP contribution in [0.1, 0.15) is 23.9 Å². The van der Waals surface area contributed by atoms with Crippen LogP contribution >= 0.6 is 0 Å². The number of amides is 1. The number of aryl methyl sites for hydroxylation is 3. The molecule has 1 amide bonds. The summed E-state index contributed by atoms with van der Waals surface area (Å²) in [6.07, 6.45) is -0.985. The van der Waals surface area contributed by atoms with Crippen molar-refractivity contribution in [2.45, 2.75) is 40.3 Å². The van der Waals surface area contributed by atoms with Crippen LogP contribution in [-0.4, -0.2) is 48.0 Å². The number of hydrogen-bond donors (Lipinski definition) is 1. The maximum Gasteiger partial charge on any atom is 0.330 e. The highest BCUT2D eigenvalue weighted by Gasteiger charge is 2.21. The molecule has 1 N–H and O–H groups in total. The first-order chi connectivity index (χ1) is 13.7. The van der Waals surface area contributed by atoms with Crippen LogP contribution in [-0.2, 0) is 27.9 Å². The van der Waals surface area contributed by atoms with Gasteiger partial charge in [-0.15, -0.1) is 10.2 Å². The topological polar surface area (TPSA) is 117 Å². The SMILES string of the molecule is Cc1ccc(-c2nnn(CC(=O)O[C@@H](C)C(=O)Nc3c(C)nn(C)c3C)n2)cc1. The van der Waals surface area contributed by atoms with Gasteiger partial charge in [0.25, 0.3) is 5.91 Å². The number of ether oxygens (including phenoxy) is 1. The van der Waals surface area contributed by atoms with E-state index in [1.54, 1.807) is 18.7 Å². The standard InChI is InChI=1S/C19H23N7O3/c1-11-6-8-15(9-7-11)18-21-24-26(23-18)10-16(27)29-14(4)19(28)20-17-12(2)22-25(5)13(17)3/h6-9,14H,10H2,1-5H3,(H,20,28)/t14-/m0/s1. The van der Waals surface area contributed by atoms with E-state index in [9.17, 15) is 9.59 Å². The highest BCUT2D eigenvalue weighted by atomic mass is 16.5. The predicted octanol–water partition coefficient (Wildman–Crippen LogP) is 1.57. The Kier molecular flexibility index (Phi) is 5.71. The molecule has 10 nitrogen and oxygen atoms in total. The van der Waals surface area contributed by atoms with Crippen molar-refractivity contribution < 1.29 is 14.3 Å². The maximum absolute atomic E-state index is 12.4. The smallest absolute Gasteiger partial charge is 0.330 e. The lowest BCUT2D eigenvalue weighted by Gasteiger charge is -2.13. The molecule has 0 bridgehead atoms. The third kappa shape index (κ3) is 4.65. The molecule has 0 fully saturated rings. The van der Waals surface area contributed by atoms with Gasteiger partial charge in [0.1, 0.15) is 0 Å². The van der Waals surface area contributed by atoms with E-state index < -0.39 is 18.0 Å². The Labute approximate surface area is 167 Å². The van der Waals surface area contributed by atoms with Crippen molar-refractivity contribution >= 4 is 17.6 Å². The number of anilines is 1. The van der Waals surface area contributed by atoms with E-state index in [-0.39, 0.29) is 6.54 Å². The molecule has 0 unspecified atom stereocenters. The first-order valence-corrected chi connectivity index (χ1v) is 9.10. The van der Waals surface area contributed by atoms with Gasteiger partial charge in [0, 0.05) is 12.6 Å². The van der Waals surface area contributed by atoms with Crippen LogP contribution < -0.4 is 5.32 Å². The molecule has 2 heterocycles. The van der Waals surface area contributed by atoms with Gasteiger partial charge in [0.15, 0.2) is 12.6 Å². The molecule has 0 aliphatic rings. The number of benzene rings is 1. The molecule has 29 heavy (non-hydrogen) atoms. The number of carbonyl (C=O) groups excluding carboxylic acids is 2. The van der Waals surface area contributed by atoms with Gasteiger partial charge in [-0.1, -0.05) is 29.8 Å². The molecule has 1 atom stereocenters. The highest BCUT2D eigenvalue weighted by molar-refractivity contribution is 5.96. The summed E-state index contributed by atoms with van der Waals surface area (Å²) in [7, 11) is 1.79. The van der Waals surface area contributed by atoms with Gasteiger partial charge < -0.3 is 10.1 Å². The first kappa shape index (κ1) is 20.2. The molecule has 0 radical (unpaired) electrons. The Bertz CT molecular complexity index is 1040. The molecule has 10 heteroatoms. The number of nitrogens with zero attached hydrogens (tertiary/aromatic N) is 6. The van der Waals surface area contributed by atoms with Crippen LogP contribution in [0.2, 0.25) is 0 Å². The van der Waals surface area contributed by atoms with Gasteiger partial charge in [-0.3, -0.25) is 9.48 Å². The third-order valence-electron chi connectivity index (χ3n) is 4.47. The van der Waals surface area contributed by atoms with Crippen LogP contribution in [0, 0.1) is 20.8 Å². The molecule has 3 aromatic rings. The third-order valence-corrected chi connectivity index (χ3v) is 4.47. The summed E-state index contributed by atoms with van der Waals surface area (Å²) in [5, 5.41) is 19.0. The fourth-order valence-corrected chi connectivity index (χ4v) is 2.71. The van der Waals surface area contributed by atoms with Crippen LogP contribution in [0.15, 0.2) is 24.3 Å². The van der Waals surface area contributed by atoms with Crippen molar-refractivity contribution in [2.24, 2.45) is 7.05 Å². The number of tetrazole rings is 1. The molecular weight excluding hydrogens is 374 g/mol. The summed E-state index contributed by atoms with van der Waals surface area (Å²) < 4.78 is 6.87. The van der Waals surface area contributed by atoms with Crippen LogP contribution in [0.4, 0.5) is 5.69 Å². The highest BCUT2D eigenvalue weighted by Crippen LogP contribution is 2.19. The summed E-state index contributed by atoms with van der Waals surface area (Å²) in [5.41, 5.74) is 4.03. The van der Waals surface area contributed by atoms with E-state index in [1.807, 2.05) is 38.1 Å². The maximum atomic E-state index is 12.4. The molecule has 0 saturated carbocycles. The lowest BCUT2D eigenvalue weighted by molar-refractivity contribution is -0.154. The minimum absolute atomic E-state index is 0.249. The second-order valence-corrected chi connectivity index (χ2v) is 6.80. The lowest BCUT2D eigenvalue weighted by Crippen LogP contribution is -2.31. The van der Waals surface area contributed by atoms with Gasteiger partial charge in [0.2, 0.25) is 5.82 Å². The lowest BCUT2D eigenvalue weighted by atomic mass is 10.1. The van der Waals surface area contributed by atoms with Crippen molar-refractivity contribution in [3.05, 3.63) is 41.2 Å². The first-order valence-electron chi connectivity index (χ1n) is 9.10. The van der Waals surface area contributed by atoms with Crippen molar-refractivity contribution in [1.82, 2.24) is 30.0 Å². The molecule has 0 aliphatic carbocycles. The van der Waals surface area contributed by atoms with Crippen molar-refractivity contribution in [3.8, 4) is 11.4 Å². The monoisotopic (exact) mass is 397 g/mol. The number of carbonyl (C=O) groups is 2. The van der Waals surface area contributed by atoms with Gasteiger partial charge >= 0.3 is 5.97 Å². The predicted molar refractivity (Wildman–Crippen MR) is 105 cm³/mol. The molecule has 2 aromatic heterocycles. The summed E-state index contributed by atoms with van der Waals surface area (Å²) >= 11 is 0. The van der Waals surface area contributed by atoms with E-state index in [0.717, 1.165) is 21.6 Å². The minimum Gasteiger partial charge on any atom is -0.451 e. The van der Waals surface area contributed by atoms with Crippen LogP contribution in [0.3, 0.4) is 0 Å². The Morgan fingerprint density at radius 3 is 2.45 bits per heavy atom. The Hall–Kier alpha value is -3.56. The van der Waals surface area contributed by atoms with Gasteiger partial charge in [0.05, 0.1) is 17.1 Å². The quantitative estimate of drug-likeness (QED) is 0.627. The molecule has 152 valence electrons. The Morgan fingerprint density at radius 1 is 1.14 bits per heavy atom.